The molecule has 1 aromatic rings. The predicted octanol–water partition coefficient (Wildman–Crippen LogP) is 0.293. The molecule has 1 unspecified atom stereocenters. The van der Waals surface area contributed by atoms with Crippen molar-refractivity contribution in [2.45, 2.75) is 25.8 Å². The highest BCUT2D eigenvalue weighted by Gasteiger charge is 2.30. The van der Waals surface area contributed by atoms with Crippen molar-refractivity contribution in [2.24, 2.45) is 5.92 Å². The summed E-state index contributed by atoms with van der Waals surface area (Å²) in [7, 11) is 1.76. The number of rotatable bonds is 4. The van der Waals surface area contributed by atoms with Crippen molar-refractivity contribution in [3.8, 4) is 5.75 Å². The van der Waals surface area contributed by atoms with Gasteiger partial charge in [-0.3, -0.25) is 0 Å². The number of methoxy groups -OCH3 is 1. The fourth-order valence-corrected chi connectivity index (χ4v) is 3.18. The van der Waals surface area contributed by atoms with Crippen LogP contribution in [0.1, 0.15) is 31.4 Å². The van der Waals surface area contributed by atoms with Gasteiger partial charge < -0.3 is 15.4 Å². The molecule has 0 radical (unpaired) electrons. The summed E-state index contributed by atoms with van der Waals surface area (Å²) in [5.41, 5.74) is 5.48. The van der Waals surface area contributed by atoms with E-state index in [1.54, 1.807) is 12.0 Å². The van der Waals surface area contributed by atoms with Gasteiger partial charge in [-0.2, -0.15) is 0 Å². The molecule has 0 aromatic heterocycles. The zero-order valence-corrected chi connectivity index (χ0v) is 11.6. The fourth-order valence-electron chi connectivity index (χ4n) is 3.18. The Kier molecular flexibility index (Phi) is 4.61. The van der Waals surface area contributed by atoms with Crippen molar-refractivity contribution in [3.63, 3.8) is 0 Å². The van der Waals surface area contributed by atoms with E-state index in [1.165, 1.54) is 31.5 Å². The summed E-state index contributed by atoms with van der Waals surface area (Å²) in [6, 6.07) is 8.87. The molecular weight excluding hydrogens is 224 g/mol. The Hall–Kier alpha value is -1.06. The molecule has 1 aliphatic heterocycles. The Morgan fingerprint density at radius 1 is 1.44 bits per heavy atom. The third kappa shape index (κ3) is 2.85. The molecule has 0 aliphatic carbocycles. The Morgan fingerprint density at radius 3 is 2.89 bits per heavy atom. The predicted molar refractivity (Wildman–Crippen MR) is 72.6 cm³/mol. The minimum atomic E-state index is 0.476. The first kappa shape index (κ1) is 13.4. The highest BCUT2D eigenvalue weighted by molar-refractivity contribution is 5.34. The molecule has 3 heteroatoms. The van der Waals surface area contributed by atoms with E-state index in [4.69, 9.17) is 4.74 Å². The molecule has 1 aromatic carbocycles. The Bertz CT molecular complexity index is 381. The smallest absolute Gasteiger partial charge is 0.166 e. The number of benzene rings is 1. The maximum atomic E-state index is 5.50. The van der Waals surface area contributed by atoms with Crippen LogP contribution in [-0.2, 0) is 0 Å². The van der Waals surface area contributed by atoms with E-state index in [9.17, 15) is 0 Å². The lowest BCUT2D eigenvalue weighted by Gasteiger charge is -2.33. The van der Waals surface area contributed by atoms with Crippen LogP contribution in [0.2, 0.25) is 0 Å². The molecule has 4 N–H and O–H groups in total. The van der Waals surface area contributed by atoms with Crippen LogP contribution in [0, 0.1) is 5.92 Å². The van der Waals surface area contributed by atoms with Crippen molar-refractivity contribution in [3.05, 3.63) is 29.8 Å². The molecule has 0 saturated carbocycles. The summed E-state index contributed by atoms with van der Waals surface area (Å²) in [5.74, 6) is 1.84. The van der Waals surface area contributed by atoms with Gasteiger partial charge in [0.05, 0.1) is 25.8 Å². The number of ether oxygens (including phenoxy) is 1. The van der Waals surface area contributed by atoms with E-state index < -0.39 is 0 Å². The number of nitrogens with one attached hydrogen (secondary N) is 1. The van der Waals surface area contributed by atoms with Gasteiger partial charge in [-0.15, -0.1) is 0 Å². The van der Waals surface area contributed by atoms with Gasteiger partial charge in [-0.05, 0) is 25.0 Å². The molecule has 1 heterocycles. The lowest BCUT2D eigenvalue weighted by molar-refractivity contribution is -0.945. The van der Waals surface area contributed by atoms with Crippen LogP contribution in [0.4, 0.5) is 0 Å². The highest BCUT2D eigenvalue weighted by Crippen LogP contribution is 2.23. The van der Waals surface area contributed by atoms with E-state index in [0.29, 0.717) is 6.04 Å². The van der Waals surface area contributed by atoms with Gasteiger partial charge in [0.2, 0.25) is 0 Å². The zero-order valence-electron chi connectivity index (χ0n) is 11.6. The maximum absolute atomic E-state index is 5.50. The second-order valence-corrected chi connectivity index (χ2v) is 5.44. The monoisotopic (exact) mass is 250 g/mol. The third-order valence-electron chi connectivity index (χ3n) is 4.10. The minimum absolute atomic E-state index is 0.476. The minimum Gasteiger partial charge on any atom is -0.496 e. The molecule has 2 rings (SSSR count). The number of hydrogen-bond acceptors (Lipinski definition) is 1. The van der Waals surface area contributed by atoms with Crippen molar-refractivity contribution in [1.82, 2.24) is 0 Å². The zero-order chi connectivity index (χ0) is 13.0. The number of piperidine rings is 1. The standard InChI is InChI=1S/C15H24N2O/c1-12-6-5-9-17(11-12)14(10-16)13-7-3-4-8-15(13)18-2/h3-4,7-8,12,14H,5-6,9-11,16H2,1-2H3/p+2/t12-,14-/m0/s1. The summed E-state index contributed by atoms with van der Waals surface area (Å²) in [4.78, 5) is 1.67. The molecule has 1 fully saturated rings. The Balaban J connectivity index is 2.21. The fraction of sp³-hybridized carbons (Fsp3) is 0.600. The first-order chi connectivity index (χ1) is 8.76. The molecule has 0 spiro atoms. The largest absolute Gasteiger partial charge is 0.496 e. The SMILES string of the molecule is COc1ccccc1[C@H](C[NH3+])[NH+]1CCC[C@H](C)C1. The lowest BCUT2D eigenvalue weighted by atomic mass is 9.96. The van der Waals surface area contributed by atoms with E-state index in [0.717, 1.165) is 18.2 Å². The van der Waals surface area contributed by atoms with Crippen molar-refractivity contribution in [1.29, 1.82) is 0 Å². The maximum Gasteiger partial charge on any atom is 0.166 e. The highest BCUT2D eigenvalue weighted by atomic mass is 16.5. The van der Waals surface area contributed by atoms with Crippen LogP contribution >= 0.6 is 0 Å². The van der Waals surface area contributed by atoms with Gasteiger partial charge >= 0.3 is 0 Å². The average Bonchev–Trinajstić information content (AvgIpc) is 2.40. The molecule has 1 aliphatic rings. The van der Waals surface area contributed by atoms with E-state index >= 15 is 0 Å². The Labute approximate surface area is 110 Å². The topological polar surface area (TPSA) is 41.3 Å². The summed E-state index contributed by atoms with van der Waals surface area (Å²) < 4.78 is 5.50. The second-order valence-electron chi connectivity index (χ2n) is 5.44. The number of likely N-dealkylation sites (tertiary alicyclic amines) is 1. The normalized spacial score (nSPS) is 25.7. The van der Waals surface area contributed by atoms with Gasteiger partial charge in [-0.1, -0.05) is 19.1 Å². The van der Waals surface area contributed by atoms with E-state index in [2.05, 4.69) is 30.9 Å². The second kappa shape index (κ2) is 6.21. The van der Waals surface area contributed by atoms with Crippen LogP contribution in [-0.4, -0.2) is 26.7 Å². The van der Waals surface area contributed by atoms with Crippen LogP contribution in [0.25, 0.3) is 0 Å². The third-order valence-corrected chi connectivity index (χ3v) is 4.10. The van der Waals surface area contributed by atoms with Crippen molar-refractivity contribution in [2.75, 3.05) is 26.7 Å². The molecular formula is C15H26N2O+2. The molecule has 1 saturated heterocycles. The summed E-state index contributed by atoms with van der Waals surface area (Å²) >= 11 is 0. The van der Waals surface area contributed by atoms with Crippen molar-refractivity contribution >= 4 is 0 Å². The molecule has 0 amide bonds. The van der Waals surface area contributed by atoms with Gasteiger partial charge in [0.25, 0.3) is 0 Å². The summed E-state index contributed by atoms with van der Waals surface area (Å²) in [6.45, 7) is 5.82. The number of para-hydroxylation sites is 1. The number of hydrogen-bond donors (Lipinski definition) is 2. The first-order valence-corrected chi connectivity index (χ1v) is 7.03. The van der Waals surface area contributed by atoms with Crippen LogP contribution in [0.3, 0.4) is 0 Å². The Morgan fingerprint density at radius 2 is 2.22 bits per heavy atom. The van der Waals surface area contributed by atoms with Gasteiger partial charge in [-0.25, -0.2) is 0 Å². The van der Waals surface area contributed by atoms with Crippen LogP contribution in [0.15, 0.2) is 24.3 Å². The van der Waals surface area contributed by atoms with Gasteiger partial charge in [0.15, 0.2) is 6.04 Å². The molecule has 18 heavy (non-hydrogen) atoms. The van der Waals surface area contributed by atoms with Crippen molar-refractivity contribution < 1.29 is 15.4 Å². The van der Waals surface area contributed by atoms with Crippen LogP contribution in [0.5, 0.6) is 5.75 Å². The van der Waals surface area contributed by atoms with Crippen LogP contribution < -0.4 is 15.4 Å². The molecule has 0 bridgehead atoms. The van der Waals surface area contributed by atoms with Gasteiger partial charge in [0, 0.05) is 5.92 Å². The molecule has 3 atom stereocenters. The lowest BCUT2D eigenvalue weighted by Crippen LogP contribution is -3.15. The first-order valence-electron chi connectivity index (χ1n) is 7.03. The van der Waals surface area contributed by atoms with E-state index in [-0.39, 0.29) is 0 Å². The summed E-state index contributed by atoms with van der Waals surface area (Å²) in [5, 5.41) is 0. The van der Waals surface area contributed by atoms with Gasteiger partial charge in [0.1, 0.15) is 12.3 Å². The average molecular weight is 250 g/mol. The molecule has 3 nitrogen and oxygen atoms in total. The summed E-state index contributed by atoms with van der Waals surface area (Å²) in [6.07, 6.45) is 2.71. The molecule has 100 valence electrons. The van der Waals surface area contributed by atoms with E-state index in [1.807, 2.05) is 6.07 Å². The quantitative estimate of drug-likeness (QED) is 0.792. The number of quaternary nitrogens is 2.